The highest BCUT2D eigenvalue weighted by Gasteiger charge is 2.35. The smallest absolute Gasteiger partial charge is 0.253 e. The van der Waals surface area contributed by atoms with E-state index < -0.39 is 12.1 Å². The molecule has 2 saturated heterocycles. The van der Waals surface area contributed by atoms with E-state index in [-0.39, 0.29) is 23.8 Å². The van der Waals surface area contributed by atoms with E-state index in [0.29, 0.717) is 48.0 Å². The summed E-state index contributed by atoms with van der Waals surface area (Å²) >= 11 is 6.45. The number of nitrogens with one attached hydrogen (secondary N) is 1. The molecule has 3 fully saturated rings. The molecule has 3 unspecified atom stereocenters. The summed E-state index contributed by atoms with van der Waals surface area (Å²) in [5, 5.41) is 14.9. The van der Waals surface area contributed by atoms with Crippen LogP contribution in [0.4, 0.5) is 0 Å². The van der Waals surface area contributed by atoms with Gasteiger partial charge in [0.25, 0.3) is 5.91 Å². The fraction of sp³-hybridized carbons (Fsp3) is 0.500. The molecule has 2 amide bonds. The maximum Gasteiger partial charge on any atom is 0.253 e. The van der Waals surface area contributed by atoms with Crippen molar-refractivity contribution in [2.45, 2.75) is 50.4 Å². The van der Waals surface area contributed by atoms with E-state index in [1.807, 2.05) is 24.3 Å². The minimum absolute atomic E-state index is 0.0531. The maximum atomic E-state index is 13.3. The monoisotopic (exact) mass is 511 g/mol. The fourth-order valence-electron chi connectivity index (χ4n) is 5.08. The van der Waals surface area contributed by atoms with Crippen molar-refractivity contribution < 1.29 is 19.4 Å². The Kier molecular flexibility index (Phi) is 7.79. The average Bonchev–Trinajstić information content (AvgIpc) is 3.33. The molecule has 0 radical (unpaired) electrons. The summed E-state index contributed by atoms with van der Waals surface area (Å²) in [4.78, 5) is 30.1. The van der Waals surface area contributed by atoms with Gasteiger partial charge in [0.15, 0.2) is 0 Å². The lowest BCUT2D eigenvalue weighted by molar-refractivity contribution is -0.126. The van der Waals surface area contributed by atoms with Crippen molar-refractivity contribution in [2.24, 2.45) is 5.92 Å². The molecule has 2 N–H and O–H groups in total. The van der Waals surface area contributed by atoms with Gasteiger partial charge in [0.05, 0.1) is 23.1 Å². The number of halogens is 1. The van der Waals surface area contributed by atoms with Gasteiger partial charge in [-0.1, -0.05) is 35.9 Å². The molecule has 7 nitrogen and oxygen atoms in total. The van der Waals surface area contributed by atoms with Crippen LogP contribution in [-0.4, -0.2) is 71.6 Å². The van der Waals surface area contributed by atoms with Gasteiger partial charge in [0.1, 0.15) is 11.9 Å². The van der Waals surface area contributed by atoms with Gasteiger partial charge in [0.2, 0.25) is 5.91 Å². The van der Waals surface area contributed by atoms with Crippen LogP contribution in [0.1, 0.15) is 54.1 Å². The average molecular weight is 512 g/mol. The van der Waals surface area contributed by atoms with Crippen LogP contribution in [0.2, 0.25) is 5.02 Å². The molecule has 0 aromatic heterocycles. The number of nitrogens with zero attached hydrogens (tertiary/aromatic N) is 2. The van der Waals surface area contributed by atoms with Crippen LogP contribution in [0, 0.1) is 5.92 Å². The summed E-state index contributed by atoms with van der Waals surface area (Å²) in [5.74, 6) is 0.150. The number of aliphatic hydroxyl groups excluding tert-OH is 1. The van der Waals surface area contributed by atoms with Crippen molar-refractivity contribution in [1.82, 2.24) is 15.1 Å². The highest BCUT2D eigenvalue weighted by molar-refractivity contribution is 6.32. The number of aliphatic hydroxyl groups is 1. The van der Waals surface area contributed by atoms with Crippen molar-refractivity contribution >= 4 is 23.4 Å². The van der Waals surface area contributed by atoms with E-state index in [4.69, 9.17) is 16.3 Å². The lowest BCUT2D eigenvalue weighted by Gasteiger charge is -2.30. The largest absolute Gasteiger partial charge is 0.489 e. The molecule has 0 spiro atoms. The van der Waals surface area contributed by atoms with E-state index in [2.05, 4.69) is 10.2 Å². The normalized spacial score (nSPS) is 21.8. The molecule has 8 heteroatoms. The Morgan fingerprint density at radius 3 is 2.50 bits per heavy atom. The molecule has 3 aliphatic rings. The summed E-state index contributed by atoms with van der Waals surface area (Å²) in [5.41, 5.74) is 1.28. The predicted octanol–water partition coefficient (Wildman–Crippen LogP) is 3.66. The third-order valence-electron chi connectivity index (χ3n) is 7.34. The van der Waals surface area contributed by atoms with Crippen molar-refractivity contribution in [3.05, 3.63) is 64.7 Å². The molecule has 1 saturated carbocycles. The highest BCUT2D eigenvalue weighted by atomic mass is 35.5. The summed E-state index contributed by atoms with van der Waals surface area (Å²) in [6.45, 7) is 3.40. The van der Waals surface area contributed by atoms with Gasteiger partial charge in [-0.2, -0.15) is 0 Å². The molecule has 0 bridgehead atoms. The summed E-state index contributed by atoms with van der Waals surface area (Å²) in [6, 6.07) is 14.0. The molecule has 1 aliphatic carbocycles. The van der Waals surface area contributed by atoms with Gasteiger partial charge in [-0.15, -0.1) is 0 Å². The maximum absolute atomic E-state index is 13.3. The first-order valence-electron chi connectivity index (χ1n) is 13.0. The molecule has 5 rings (SSSR count). The second-order valence-electron chi connectivity index (χ2n) is 10.2. The Morgan fingerprint density at radius 1 is 1.06 bits per heavy atom. The van der Waals surface area contributed by atoms with Crippen LogP contribution in [0.3, 0.4) is 0 Å². The van der Waals surface area contributed by atoms with E-state index in [9.17, 15) is 14.7 Å². The van der Waals surface area contributed by atoms with Gasteiger partial charge in [-0.3, -0.25) is 9.59 Å². The molecule has 192 valence electrons. The first kappa shape index (κ1) is 25.1. The van der Waals surface area contributed by atoms with Crippen molar-refractivity contribution in [2.75, 3.05) is 32.7 Å². The Labute approximate surface area is 217 Å². The number of hydrogen-bond acceptors (Lipinski definition) is 5. The molecule has 2 heterocycles. The second-order valence-corrected chi connectivity index (χ2v) is 10.6. The van der Waals surface area contributed by atoms with Gasteiger partial charge in [-0.05, 0) is 75.0 Å². The van der Waals surface area contributed by atoms with E-state index >= 15 is 0 Å². The topological polar surface area (TPSA) is 82.1 Å². The zero-order chi connectivity index (χ0) is 25.1. The summed E-state index contributed by atoms with van der Waals surface area (Å²) < 4.78 is 5.83. The zero-order valence-electron chi connectivity index (χ0n) is 20.4. The van der Waals surface area contributed by atoms with E-state index in [1.165, 1.54) is 0 Å². The predicted molar refractivity (Wildman–Crippen MR) is 138 cm³/mol. The fourth-order valence-corrected chi connectivity index (χ4v) is 5.32. The molecular formula is C28H34ClN3O4. The molecule has 2 aromatic rings. The standard InChI is InChI=1S/C28H34ClN3O4/c29-23-16-20(8-11-25(23)36-22-9-10-22)26(33)24(18-31-13-4-5-14-31)30-27(34)21-12-15-32(17-21)28(35)19-6-2-1-3-7-19/h1-3,6-8,11,16,21-22,24,26,33H,4-5,9-10,12-15,17-18H2,(H,30,34). The van der Waals surface area contributed by atoms with Gasteiger partial charge in [-0.25, -0.2) is 0 Å². The Hall–Kier alpha value is -2.61. The molecule has 2 aliphatic heterocycles. The third-order valence-corrected chi connectivity index (χ3v) is 7.64. The minimum Gasteiger partial charge on any atom is -0.489 e. The second kappa shape index (κ2) is 11.2. The van der Waals surface area contributed by atoms with Crippen molar-refractivity contribution in [3.63, 3.8) is 0 Å². The van der Waals surface area contributed by atoms with Crippen LogP contribution in [0.5, 0.6) is 5.75 Å². The van der Waals surface area contributed by atoms with Crippen LogP contribution < -0.4 is 10.1 Å². The van der Waals surface area contributed by atoms with Crippen LogP contribution >= 0.6 is 11.6 Å². The lowest BCUT2D eigenvalue weighted by atomic mass is 10.00. The van der Waals surface area contributed by atoms with Crippen LogP contribution in [-0.2, 0) is 4.79 Å². The SMILES string of the molecule is O=C(NC(CN1CCCC1)C(O)c1ccc(OC2CC2)c(Cl)c1)C1CCN(C(=O)c2ccccc2)C1. The number of hydrogen-bond donors (Lipinski definition) is 2. The number of amides is 2. The van der Waals surface area contributed by atoms with E-state index in [1.54, 1.807) is 29.2 Å². The highest BCUT2D eigenvalue weighted by Crippen LogP contribution is 2.34. The molecule has 3 atom stereocenters. The number of carbonyl (C=O) groups is 2. The van der Waals surface area contributed by atoms with Crippen molar-refractivity contribution in [1.29, 1.82) is 0 Å². The number of likely N-dealkylation sites (tertiary alicyclic amines) is 2. The Bertz CT molecular complexity index is 1070. The molecule has 36 heavy (non-hydrogen) atoms. The summed E-state index contributed by atoms with van der Waals surface area (Å²) in [7, 11) is 0. The zero-order valence-corrected chi connectivity index (χ0v) is 21.2. The Morgan fingerprint density at radius 2 is 1.81 bits per heavy atom. The van der Waals surface area contributed by atoms with Crippen LogP contribution in [0.25, 0.3) is 0 Å². The quantitative estimate of drug-likeness (QED) is 0.537. The van der Waals surface area contributed by atoms with Crippen molar-refractivity contribution in [3.8, 4) is 5.75 Å². The van der Waals surface area contributed by atoms with Crippen LogP contribution in [0.15, 0.2) is 48.5 Å². The first-order chi connectivity index (χ1) is 17.5. The summed E-state index contributed by atoms with van der Waals surface area (Å²) in [6.07, 6.45) is 4.26. The molecule has 2 aromatic carbocycles. The lowest BCUT2D eigenvalue weighted by Crippen LogP contribution is -2.49. The Balaban J connectivity index is 1.25. The third kappa shape index (κ3) is 6.02. The molecular weight excluding hydrogens is 478 g/mol. The number of rotatable bonds is 9. The number of ether oxygens (including phenoxy) is 1. The van der Waals surface area contributed by atoms with E-state index in [0.717, 1.165) is 38.8 Å². The number of benzene rings is 2. The first-order valence-corrected chi connectivity index (χ1v) is 13.4. The van der Waals surface area contributed by atoms with Gasteiger partial charge < -0.3 is 25.0 Å². The van der Waals surface area contributed by atoms with Gasteiger partial charge in [0, 0.05) is 25.2 Å². The number of carbonyl (C=O) groups excluding carboxylic acids is 2. The minimum atomic E-state index is -0.912. The van der Waals surface area contributed by atoms with Gasteiger partial charge >= 0.3 is 0 Å².